The SMILES string of the molecule is COc1ccc(OCC=C(C)C)c(B(O)O)c1. The van der Waals surface area contributed by atoms with E-state index in [0.717, 1.165) is 5.57 Å². The fraction of sp³-hybridized carbons (Fsp3) is 0.333. The summed E-state index contributed by atoms with van der Waals surface area (Å²) in [6.07, 6.45) is 1.91. The van der Waals surface area contributed by atoms with Crippen molar-refractivity contribution in [1.29, 1.82) is 0 Å². The Bertz CT molecular complexity index is 397. The smallest absolute Gasteiger partial charge is 0.492 e. The zero-order valence-corrected chi connectivity index (χ0v) is 10.3. The molecule has 0 radical (unpaired) electrons. The zero-order valence-electron chi connectivity index (χ0n) is 10.3. The van der Waals surface area contributed by atoms with Crippen molar-refractivity contribution >= 4 is 12.6 Å². The first-order valence-corrected chi connectivity index (χ1v) is 5.35. The fourth-order valence-corrected chi connectivity index (χ4v) is 1.28. The number of benzene rings is 1. The number of hydrogen-bond acceptors (Lipinski definition) is 4. The van der Waals surface area contributed by atoms with Crippen molar-refractivity contribution < 1.29 is 19.5 Å². The molecule has 4 nitrogen and oxygen atoms in total. The Hall–Kier alpha value is -1.46. The van der Waals surface area contributed by atoms with E-state index in [9.17, 15) is 10.0 Å². The molecule has 1 aromatic rings. The van der Waals surface area contributed by atoms with Gasteiger partial charge >= 0.3 is 7.12 Å². The summed E-state index contributed by atoms with van der Waals surface area (Å²) in [5.41, 5.74) is 1.44. The molecule has 0 saturated carbocycles. The molecule has 0 bridgehead atoms. The van der Waals surface area contributed by atoms with Gasteiger partial charge in [-0.25, -0.2) is 0 Å². The molecule has 0 aliphatic heterocycles. The summed E-state index contributed by atoms with van der Waals surface area (Å²) in [6.45, 7) is 4.34. The Morgan fingerprint density at radius 1 is 1.35 bits per heavy atom. The fourth-order valence-electron chi connectivity index (χ4n) is 1.28. The van der Waals surface area contributed by atoms with Crippen LogP contribution in [0.3, 0.4) is 0 Å². The average molecular weight is 236 g/mol. The van der Waals surface area contributed by atoms with Crippen molar-refractivity contribution in [3.8, 4) is 11.5 Å². The second-order valence-electron chi connectivity index (χ2n) is 3.87. The van der Waals surface area contributed by atoms with Gasteiger partial charge in [0, 0.05) is 5.46 Å². The molecule has 0 aliphatic carbocycles. The second kappa shape index (κ2) is 6.32. The van der Waals surface area contributed by atoms with Crippen LogP contribution in [0.25, 0.3) is 0 Å². The van der Waals surface area contributed by atoms with Crippen molar-refractivity contribution in [2.45, 2.75) is 13.8 Å². The Balaban J connectivity index is 2.87. The van der Waals surface area contributed by atoms with Gasteiger partial charge < -0.3 is 19.5 Å². The minimum atomic E-state index is -1.58. The molecule has 0 amide bonds. The maximum Gasteiger partial charge on any atom is 0.492 e. The number of hydrogen-bond donors (Lipinski definition) is 2. The van der Waals surface area contributed by atoms with Crippen LogP contribution in [-0.4, -0.2) is 30.9 Å². The van der Waals surface area contributed by atoms with E-state index in [2.05, 4.69) is 0 Å². The lowest BCUT2D eigenvalue weighted by molar-refractivity contribution is 0.358. The third kappa shape index (κ3) is 4.13. The number of allylic oxidation sites excluding steroid dienone is 1. The first-order valence-electron chi connectivity index (χ1n) is 5.35. The van der Waals surface area contributed by atoms with E-state index >= 15 is 0 Å². The highest BCUT2D eigenvalue weighted by atomic mass is 16.5. The summed E-state index contributed by atoms with van der Waals surface area (Å²) in [6, 6.07) is 4.92. The first-order chi connectivity index (χ1) is 8.04. The van der Waals surface area contributed by atoms with E-state index in [1.165, 1.54) is 7.11 Å². The third-order valence-electron chi connectivity index (χ3n) is 2.23. The topological polar surface area (TPSA) is 58.9 Å². The minimum absolute atomic E-state index is 0.298. The minimum Gasteiger partial charge on any atom is -0.497 e. The summed E-state index contributed by atoms with van der Waals surface area (Å²) in [7, 11) is -0.0566. The van der Waals surface area contributed by atoms with E-state index < -0.39 is 7.12 Å². The monoisotopic (exact) mass is 236 g/mol. The van der Waals surface area contributed by atoms with Gasteiger partial charge in [-0.05, 0) is 38.1 Å². The molecule has 0 fully saturated rings. The number of rotatable bonds is 5. The van der Waals surface area contributed by atoms with Gasteiger partial charge in [0.1, 0.15) is 18.1 Å². The van der Waals surface area contributed by atoms with Crippen molar-refractivity contribution in [1.82, 2.24) is 0 Å². The molecule has 0 aromatic heterocycles. The van der Waals surface area contributed by atoms with Crippen LogP contribution in [0.15, 0.2) is 29.8 Å². The second-order valence-corrected chi connectivity index (χ2v) is 3.87. The van der Waals surface area contributed by atoms with E-state index in [0.29, 0.717) is 23.6 Å². The lowest BCUT2D eigenvalue weighted by Crippen LogP contribution is -2.31. The van der Waals surface area contributed by atoms with Gasteiger partial charge in [-0.3, -0.25) is 0 Å². The quantitative estimate of drug-likeness (QED) is 0.584. The Morgan fingerprint density at radius 2 is 2.06 bits per heavy atom. The largest absolute Gasteiger partial charge is 0.497 e. The molecule has 0 saturated heterocycles. The normalized spacial score (nSPS) is 9.71. The molecular formula is C12H17BO4. The van der Waals surface area contributed by atoms with Gasteiger partial charge in [-0.1, -0.05) is 5.57 Å². The molecule has 0 atom stereocenters. The Morgan fingerprint density at radius 3 is 2.59 bits per heavy atom. The van der Waals surface area contributed by atoms with Gasteiger partial charge in [0.05, 0.1) is 7.11 Å². The molecule has 92 valence electrons. The van der Waals surface area contributed by atoms with Crippen LogP contribution in [0, 0.1) is 0 Å². The maximum absolute atomic E-state index is 9.24. The number of ether oxygens (including phenoxy) is 2. The first kappa shape index (κ1) is 13.6. The zero-order chi connectivity index (χ0) is 12.8. The molecule has 0 heterocycles. The van der Waals surface area contributed by atoms with Crippen molar-refractivity contribution in [3.63, 3.8) is 0 Å². The molecule has 1 aromatic carbocycles. The highest BCUT2D eigenvalue weighted by Crippen LogP contribution is 2.15. The molecule has 17 heavy (non-hydrogen) atoms. The molecule has 5 heteroatoms. The van der Waals surface area contributed by atoms with Crippen molar-refractivity contribution in [3.05, 3.63) is 29.8 Å². The van der Waals surface area contributed by atoms with Gasteiger partial charge in [0.25, 0.3) is 0 Å². The van der Waals surface area contributed by atoms with Crippen LogP contribution in [0.2, 0.25) is 0 Å². The highest BCUT2D eigenvalue weighted by Gasteiger charge is 2.18. The summed E-state index contributed by atoms with van der Waals surface area (Å²) in [4.78, 5) is 0. The Kier molecular flexibility index (Phi) is 5.06. The van der Waals surface area contributed by atoms with Crippen LogP contribution in [0.5, 0.6) is 11.5 Å². The standard InChI is InChI=1S/C12H17BO4/c1-9(2)6-7-17-12-5-4-10(16-3)8-11(12)13(14)15/h4-6,8,14-15H,7H2,1-3H3. The van der Waals surface area contributed by atoms with Gasteiger partial charge in [0.15, 0.2) is 0 Å². The Labute approximate surface area is 102 Å². The van der Waals surface area contributed by atoms with Gasteiger partial charge in [-0.2, -0.15) is 0 Å². The lowest BCUT2D eigenvalue weighted by Gasteiger charge is -2.11. The van der Waals surface area contributed by atoms with Crippen LogP contribution in [0.1, 0.15) is 13.8 Å². The molecule has 2 N–H and O–H groups in total. The highest BCUT2D eigenvalue weighted by molar-refractivity contribution is 6.59. The maximum atomic E-state index is 9.24. The van der Waals surface area contributed by atoms with Crippen LogP contribution in [0.4, 0.5) is 0 Å². The summed E-state index contributed by atoms with van der Waals surface area (Å²) in [5, 5.41) is 18.5. The van der Waals surface area contributed by atoms with Crippen LogP contribution in [-0.2, 0) is 0 Å². The molecule has 1 rings (SSSR count). The van der Waals surface area contributed by atoms with Gasteiger partial charge in [0.2, 0.25) is 0 Å². The summed E-state index contributed by atoms with van der Waals surface area (Å²) < 4.78 is 10.5. The summed E-state index contributed by atoms with van der Waals surface area (Å²) in [5.74, 6) is 1.00. The predicted octanol–water partition coefficient (Wildman–Crippen LogP) is 0.720. The van der Waals surface area contributed by atoms with E-state index in [-0.39, 0.29) is 0 Å². The molecule has 0 unspecified atom stereocenters. The van der Waals surface area contributed by atoms with Crippen molar-refractivity contribution in [2.24, 2.45) is 0 Å². The summed E-state index contributed by atoms with van der Waals surface area (Å²) >= 11 is 0. The molecule has 0 aliphatic rings. The van der Waals surface area contributed by atoms with E-state index in [4.69, 9.17) is 9.47 Å². The average Bonchev–Trinajstić information content (AvgIpc) is 2.28. The van der Waals surface area contributed by atoms with E-state index in [1.54, 1.807) is 18.2 Å². The van der Waals surface area contributed by atoms with E-state index in [1.807, 2.05) is 19.9 Å². The van der Waals surface area contributed by atoms with Gasteiger partial charge in [-0.15, -0.1) is 0 Å². The predicted molar refractivity (Wildman–Crippen MR) is 67.7 cm³/mol. The van der Waals surface area contributed by atoms with Crippen LogP contribution < -0.4 is 14.9 Å². The molecule has 0 spiro atoms. The lowest BCUT2D eigenvalue weighted by atomic mass is 9.79. The molecular weight excluding hydrogens is 219 g/mol. The van der Waals surface area contributed by atoms with Crippen LogP contribution >= 0.6 is 0 Å². The third-order valence-corrected chi connectivity index (χ3v) is 2.23. The number of methoxy groups -OCH3 is 1. The van der Waals surface area contributed by atoms with Crippen molar-refractivity contribution in [2.75, 3.05) is 13.7 Å².